The van der Waals surface area contributed by atoms with Gasteiger partial charge in [0.05, 0.1) is 6.10 Å². The molecule has 1 rings (SSSR count). The van der Waals surface area contributed by atoms with Crippen LogP contribution in [0.1, 0.15) is 33.1 Å². The van der Waals surface area contributed by atoms with E-state index in [0.717, 1.165) is 19.3 Å². The Kier molecular flexibility index (Phi) is 2.38. The fourth-order valence-electron chi connectivity index (χ4n) is 1.87. The van der Waals surface area contributed by atoms with Crippen LogP contribution in [0.4, 0.5) is 0 Å². The quantitative estimate of drug-likeness (QED) is 0.575. The van der Waals surface area contributed by atoms with Gasteiger partial charge in [0.15, 0.2) is 0 Å². The van der Waals surface area contributed by atoms with Crippen molar-refractivity contribution in [3.8, 4) is 0 Å². The predicted molar refractivity (Wildman–Crippen MR) is 47.3 cm³/mol. The number of allylic oxidation sites excluding steroid dienone is 1. The van der Waals surface area contributed by atoms with Gasteiger partial charge >= 0.3 is 0 Å². The Balaban J connectivity index is 2.67. The first-order valence-corrected chi connectivity index (χ1v) is 4.40. The fourth-order valence-corrected chi connectivity index (χ4v) is 1.87. The minimum Gasteiger partial charge on any atom is -0.393 e. The molecule has 1 aliphatic carbocycles. The Morgan fingerprint density at radius 1 is 1.55 bits per heavy atom. The van der Waals surface area contributed by atoms with Crippen LogP contribution in [0.5, 0.6) is 0 Å². The molecular formula is C10H18O. The lowest BCUT2D eigenvalue weighted by molar-refractivity contribution is 0.0461. The minimum atomic E-state index is -0.103. The highest BCUT2D eigenvalue weighted by Gasteiger charge is 2.34. The molecule has 0 heterocycles. The van der Waals surface area contributed by atoms with Crippen molar-refractivity contribution >= 4 is 0 Å². The molecule has 0 aromatic carbocycles. The van der Waals surface area contributed by atoms with E-state index in [1.807, 2.05) is 6.08 Å². The van der Waals surface area contributed by atoms with E-state index in [9.17, 15) is 5.11 Å². The third-order valence-corrected chi connectivity index (χ3v) is 3.20. The first-order chi connectivity index (χ1) is 5.08. The molecule has 1 heteroatoms. The summed E-state index contributed by atoms with van der Waals surface area (Å²) in [6, 6.07) is 0. The van der Waals surface area contributed by atoms with E-state index in [2.05, 4.69) is 20.4 Å². The smallest absolute Gasteiger partial charge is 0.0548 e. The van der Waals surface area contributed by atoms with Crippen LogP contribution < -0.4 is 0 Å². The molecule has 1 N–H and O–H groups in total. The molecule has 1 aliphatic rings. The molecule has 0 aromatic rings. The molecule has 0 aromatic heterocycles. The summed E-state index contributed by atoms with van der Waals surface area (Å²) >= 11 is 0. The second kappa shape index (κ2) is 2.98. The van der Waals surface area contributed by atoms with E-state index in [0.29, 0.717) is 5.92 Å². The van der Waals surface area contributed by atoms with Gasteiger partial charge in [-0.25, -0.2) is 0 Å². The van der Waals surface area contributed by atoms with Crippen LogP contribution >= 0.6 is 0 Å². The molecule has 0 spiro atoms. The number of hydrogen-bond donors (Lipinski definition) is 1. The van der Waals surface area contributed by atoms with Crippen LogP contribution in [0.15, 0.2) is 12.7 Å². The first kappa shape index (κ1) is 8.79. The summed E-state index contributed by atoms with van der Waals surface area (Å²) in [6.45, 7) is 8.26. The normalized spacial score (nSPS) is 45.4. The van der Waals surface area contributed by atoms with Gasteiger partial charge in [0, 0.05) is 0 Å². The highest BCUT2D eigenvalue weighted by atomic mass is 16.3. The zero-order chi connectivity index (χ0) is 8.48. The number of hydrogen-bond acceptors (Lipinski definition) is 1. The van der Waals surface area contributed by atoms with Gasteiger partial charge in [0.1, 0.15) is 0 Å². The second-order valence-electron chi connectivity index (χ2n) is 4.05. The Labute approximate surface area is 69.1 Å². The number of aliphatic hydroxyl groups is 1. The standard InChI is InChI=1S/C10H18O/c1-4-10(3)7-9(11)6-5-8(10)2/h4,8-9,11H,1,5-7H2,2-3H3/t8-,9?,10-/m1/s1. The molecule has 0 radical (unpaired) electrons. The van der Waals surface area contributed by atoms with Crippen molar-refractivity contribution in [1.82, 2.24) is 0 Å². The molecule has 11 heavy (non-hydrogen) atoms. The van der Waals surface area contributed by atoms with Gasteiger partial charge < -0.3 is 5.11 Å². The summed E-state index contributed by atoms with van der Waals surface area (Å²) in [7, 11) is 0. The molecular weight excluding hydrogens is 136 g/mol. The molecule has 3 atom stereocenters. The molecule has 0 amide bonds. The maximum Gasteiger partial charge on any atom is 0.0548 e. The Morgan fingerprint density at radius 2 is 2.18 bits per heavy atom. The van der Waals surface area contributed by atoms with Gasteiger partial charge in [-0.2, -0.15) is 0 Å². The van der Waals surface area contributed by atoms with Gasteiger partial charge in [-0.15, -0.1) is 6.58 Å². The molecule has 1 unspecified atom stereocenters. The summed E-state index contributed by atoms with van der Waals surface area (Å²) in [4.78, 5) is 0. The van der Waals surface area contributed by atoms with Crippen molar-refractivity contribution in [2.45, 2.75) is 39.2 Å². The number of rotatable bonds is 1. The van der Waals surface area contributed by atoms with Gasteiger partial charge in [0.25, 0.3) is 0 Å². The van der Waals surface area contributed by atoms with Crippen LogP contribution in [-0.4, -0.2) is 11.2 Å². The predicted octanol–water partition coefficient (Wildman–Crippen LogP) is 2.36. The topological polar surface area (TPSA) is 20.2 Å². The van der Waals surface area contributed by atoms with Crippen molar-refractivity contribution in [2.24, 2.45) is 11.3 Å². The van der Waals surface area contributed by atoms with Crippen LogP contribution in [0, 0.1) is 11.3 Å². The lowest BCUT2D eigenvalue weighted by Gasteiger charge is -2.39. The minimum absolute atomic E-state index is 0.103. The van der Waals surface area contributed by atoms with E-state index >= 15 is 0 Å². The third kappa shape index (κ3) is 1.64. The maximum absolute atomic E-state index is 9.45. The van der Waals surface area contributed by atoms with Crippen molar-refractivity contribution in [2.75, 3.05) is 0 Å². The SMILES string of the molecule is C=C[C@]1(C)CC(O)CC[C@H]1C. The van der Waals surface area contributed by atoms with Crippen LogP contribution in [0.25, 0.3) is 0 Å². The molecule has 1 nitrogen and oxygen atoms in total. The second-order valence-corrected chi connectivity index (χ2v) is 4.05. The summed E-state index contributed by atoms with van der Waals surface area (Å²) in [5.41, 5.74) is 0.164. The monoisotopic (exact) mass is 154 g/mol. The molecule has 0 bridgehead atoms. The molecule has 0 aliphatic heterocycles. The summed E-state index contributed by atoms with van der Waals surface area (Å²) in [5, 5.41) is 9.45. The van der Waals surface area contributed by atoms with Crippen LogP contribution in [0.2, 0.25) is 0 Å². The van der Waals surface area contributed by atoms with E-state index in [1.54, 1.807) is 0 Å². The van der Waals surface area contributed by atoms with E-state index in [-0.39, 0.29) is 11.5 Å². The fraction of sp³-hybridized carbons (Fsp3) is 0.800. The number of aliphatic hydroxyl groups excluding tert-OH is 1. The largest absolute Gasteiger partial charge is 0.393 e. The molecule has 0 saturated heterocycles. The highest BCUT2D eigenvalue weighted by Crippen LogP contribution is 2.41. The van der Waals surface area contributed by atoms with E-state index in [4.69, 9.17) is 0 Å². The van der Waals surface area contributed by atoms with Crippen LogP contribution in [0.3, 0.4) is 0 Å². The van der Waals surface area contributed by atoms with Crippen molar-refractivity contribution in [1.29, 1.82) is 0 Å². The molecule has 1 fully saturated rings. The van der Waals surface area contributed by atoms with Crippen molar-refractivity contribution in [3.05, 3.63) is 12.7 Å². The summed E-state index contributed by atoms with van der Waals surface area (Å²) in [5.74, 6) is 0.670. The van der Waals surface area contributed by atoms with Gasteiger partial charge in [-0.05, 0) is 30.6 Å². The molecule has 1 saturated carbocycles. The van der Waals surface area contributed by atoms with Crippen LogP contribution in [-0.2, 0) is 0 Å². The van der Waals surface area contributed by atoms with E-state index in [1.165, 1.54) is 0 Å². The highest BCUT2D eigenvalue weighted by molar-refractivity contribution is 4.98. The maximum atomic E-state index is 9.45. The Morgan fingerprint density at radius 3 is 2.64 bits per heavy atom. The van der Waals surface area contributed by atoms with Crippen molar-refractivity contribution in [3.63, 3.8) is 0 Å². The average molecular weight is 154 g/mol. The van der Waals surface area contributed by atoms with Crippen molar-refractivity contribution < 1.29 is 5.11 Å². The Bertz CT molecular complexity index is 153. The molecule has 64 valence electrons. The summed E-state index contributed by atoms with van der Waals surface area (Å²) in [6.07, 6.45) is 4.88. The van der Waals surface area contributed by atoms with E-state index < -0.39 is 0 Å². The Hall–Kier alpha value is -0.300. The summed E-state index contributed by atoms with van der Waals surface area (Å²) < 4.78 is 0. The zero-order valence-corrected chi connectivity index (χ0v) is 7.51. The lowest BCUT2D eigenvalue weighted by Crippen LogP contribution is -2.33. The van der Waals surface area contributed by atoms with Gasteiger partial charge in [0.2, 0.25) is 0 Å². The van der Waals surface area contributed by atoms with Gasteiger partial charge in [-0.1, -0.05) is 19.9 Å². The zero-order valence-electron chi connectivity index (χ0n) is 7.51. The lowest BCUT2D eigenvalue weighted by atomic mass is 9.67. The first-order valence-electron chi connectivity index (χ1n) is 4.40. The third-order valence-electron chi connectivity index (χ3n) is 3.20. The average Bonchev–Trinajstić information content (AvgIpc) is 1.98. The van der Waals surface area contributed by atoms with Gasteiger partial charge in [-0.3, -0.25) is 0 Å².